The van der Waals surface area contributed by atoms with Gasteiger partial charge in [-0.3, -0.25) is 4.98 Å². The van der Waals surface area contributed by atoms with Crippen LogP contribution in [0.4, 0.5) is 5.69 Å². The number of aryl methyl sites for hydroxylation is 1. The molecule has 0 saturated carbocycles. The van der Waals surface area contributed by atoms with Crippen molar-refractivity contribution in [1.29, 1.82) is 0 Å². The molecule has 0 fully saturated rings. The number of benzene rings is 2. The predicted octanol–water partition coefficient (Wildman–Crippen LogP) is 4.98. The molecule has 0 unspecified atom stereocenters. The lowest BCUT2D eigenvalue weighted by Gasteiger charge is -2.13. The topological polar surface area (TPSA) is 61.0 Å². The Bertz CT molecular complexity index is 1030. The Morgan fingerprint density at radius 1 is 0.880 bits per heavy atom. The van der Waals surface area contributed by atoms with Crippen LogP contribution in [0.3, 0.4) is 0 Å². The number of ether oxygens (including phenoxy) is 1. The zero-order chi connectivity index (χ0) is 17.2. The highest BCUT2D eigenvalue weighted by Gasteiger charge is 2.13. The van der Waals surface area contributed by atoms with E-state index in [1.54, 1.807) is 6.20 Å². The molecule has 0 spiro atoms. The maximum Gasteiger partial charge on any atom is 0.227 e. The third kappa shape index (κ3) is 2.90. The molecule has 2 N–H and O–H groups in total. The van der Waals surface area contributed by atoms with Crippen LogP contribution in [0, 0.1) is 6.92 Å². The van der Waals surface area contributed by atoms with Crippen molar-refractivity contribution in [3.63, 3.8) is 0 Å². The van der Waals surface area contributed by atoms with Gasteiger partial charge >= 0.3 is 0 Å². The summed E-state index contributed by atoms with van der Waals surface area (Å²) in [6.07, 6.45) is 3.60. The lowest BCUT2D eigenvalue weighted by Crippen LogP contribution is -1.94. The summed E-state index contributed by atoms with van der Waals surface area (Å²) in [5.41, 5.74) is 9.43. The molecule has 4 heteroatoms. The Morgan fingerprint density at radius 3 is 2.48 bits per heavy atom. The van der Waals surface area contributed by atoms with E-state index < -0.39 is 0 Å². The molecule has 2 heterocycles. The van der Waals surface area contributed by atoms with Gasteiger partial charge in [0.1, 0.15) is 5.75 Å². The van der Waals surface area contributed by atoms with Crippen molar-refractivity contribution < 1.29 is 4.74 Å². The van der Waals surface area contributed by atoms with Crippen LogP contribution in [-0.4, -0.2) is 9.97 Å². The van der Waals surface area contributed by atoms with Crippen molar-refractivity contribution in [2.24, 2.45) is 0 Å². The van der Waals surface area contributed by atoms with Gasteiger partial charge in [0, 0.05) is 29.0 Å². The fourth-order valence-corrected chi connectivity index (χ4v) is 2.88. The second-order valence-corrected chi connectivity index (χ2v) is 5.86. The number of nitrogens with zero attached hydrogens (tertiary/aromatic N) is 2. The van der Waals surface area contributed by atoms with Gasteiger partial charge in [-0.2, -0.15) is 0 Å². The lowest BCUT2D eigenvalue weighted by molar-refractivity contribution is 0.469. The molecule has 2 aromatic carbocycles. The zero-order valence-electron chi connectivity index (χ0n) is 13.8. The Labute approximate surface area is 145 Å². The van der Waals surface area contributed by atoms with E-state index in [1.807, 2.05) is 54.7 Å². The molecule has 0 aliphatic rings. The molecule has 2 aromatic heterocycles. The Morgan fingerprint density at radius 2 is 1.72 bits per heavy atom. The molecule has 122 valence electrons. The number of rotatable bonds is 3. The van der Waals surface area contributed by atoms with E-state index >= 15 is 0 Å². The van der Waals surface area contributed by atoms with Crippen LogP contribution in [0.25, 0.3) is 22.0 Å². The fraction of sp³-hybridized carbons (Fsp3) is 0.0476. The van der Waals surface area contributed by atoms with Crippen molar-refractivity contribution in [3.8, 4) is 22.9 Å². The monoisotopic (exact) mass is 327 g/mol. The minimum absolute atomic E-state index is 0.581. The van der Waals surface area contributed by atoms with Crippen LogP contribution in [0.1, 0.15) is 5.56 Å². The molecule has 0 radical (unpaired) electrons. The Balaban J connectivity index is 1.88. The van der Waals surface area contributed by atoms with Crippen LogP contribution in [0.2, 0.25) is 0 Å². The van der Waals surface area contributed by atoms with Gasteiger partial charge < -0.3 is 10.5 Å². The molecule has 4 rings (SSSR count). The first-order chi connectivity index (χ1) is 12.2. The highest BCUT2D eigenvalue weighted by molar-refractivity contribution is 6.00. The summed E-state index contributed by atoms with van der Waals surface area (Å²) in [4.78, 5) is 9.03. The van der Waals surface area contributed by atoms with E-state index in [-0.39, 0.29) is 0 Å². The summed E-state index contributed by atoms with van der Waals surface area (Å²) in [5, 5.41) is 2.06. The molecular formula is C21H17N3O. The summed E-state index contributed by atoms with van der Waals surface area (Å²) in [7, 11) is 0. The second-order valence-electron chi connectivity index (χ2n) is 5.86. The minimum atomic E-state index is 0.581. The van der Waals surface area contributed by atoms with Gasteiger partial charge in [-0.05, 0) is 54.3 Å². The van der Waals surface area contributed by atoms with Crippen LogP contribution in [-0.2, 0) is 0 Å². The molecule has 0 atom stereocenters. The Hall–Kier alpha value is -3.40. The standard InChI is InChI=1S/C21H17N3O/c1-14-5-4-6-17-18(19-7-2-3-12-23-19)13-24-21(20(14)17)25-16-10-8-15(22)9-11-16/h2-13H,22H2,1H3. The third-order valence-corrected chi connectivity index (χ3v) is 4.12. The molecule has 0 amide bonds. The normalized spacial score (nSPS) is 10.8. The van der Waals surface area contributed by atoms with Crippen molar-refractivity contribution in [1.82, 2.24) is 9.97 Å². The van der Waals surface area contributed by atoms with Crippen LogP contribution in [0.15, 0.2) is 73.1 Å². The molecule has 4 aromatic rings. The van der Waals surface area contributed by atoms with E-state index in [0.717, 1.165) is 27.6 Å². The van der Waals surface area contributed by atoms with Gasteiger partial charge in [0.25, 0.3) is 0 Å². The second kappa shape index (κ2) is 6.24. The van der Waals surface area contributed by atoms with Gasteiger partial charge in [-0.25, -0.2) is 4.98 Å². The van der Waals surface area contributed by atoms with E-state index in [4.69, 9.17) is 10.5 Å². The summed E-state index contributed by atoms with van der Waals surface area (Å²) in [6, 6.07) is 19.3. The number of hydrogen-bond acceptors (Lipinski definition) is 4. The SMILES string of the molecule is Cc1cccc2c(-c3ccccn3)cnc(Oc3ccc(N)cc3)c12. The summed E-state index contributed by atoms with van der Waals surface area (Å²) < 4.78 is 6.03. The molecule has 25 heavy (non-hydrogen) atoms. The van der Waals surface area contributed by atoms with Crippen LogP contribution >= 0.6 is 0 Å². The third-order valence-electron chi connectivity index (χ3n) is 4.12. The van der Waals surface area contributed by atoms with Crippen molar-refractivity contribution >= 4 is 16.5 Å². The summed E-state index contributed by atoms with van der Waals surface area (Å²) in [5.74, 6) is 1.29. The Kier molecular flexibility index (Phi) is 3.78. The summed E-state index contributed by atoms with van der Waals surface area (Å²) >= 11 is 0. The largest absolute Gasteiger partial charge is 0.438 e. The lowest BCUT2D eigenvalue weighted by atomic mass is 10.0. The minimum Gasteiger partial charge on any atom is -0.438 e. The molecule has 0 saturated heterocycles. The molecule has 0 aliphatic carbocycles. The average Bonchev–Trinajstić information content (AvgIpc) is 2.64. The van der Waals surface area contributed by atoms with Gasteiger partial charge in [-0.15, -0.1) is 0 Å². The first-order valence-corrected chi connectivity index (χ1v) is 8.05. The molecule has 4 nitrogen and oxygen atoms in total. The van der Waals surface area contributed by atoms with Crippen molar-refractivity contribution in [3.05, 3.63) is 78.6 Å². The number of nitrogens with two attached hydrogens (primary N) is 1. The van der Waals surface area contributed by atoms with Crippen molar-refractivity contribution in [2.45, 2.75) is 6.92 Å². The number of hydrogen-bond donors (Lipinski definition) is 1. The quantitative estimate of drug-likeness (QED) is 0.539. The smallest absolute Gasteiger partial charge is 0.227 e. The summed E-state index contributed by atoms with van der Waals surface area (Å²) in [6.45, 7) is 2.06. The van der Waals surface area contributed by atoms with Crippen LogP contribution in [0.5, 0.6) is 11.6 Å². The van der Waals surface area contributed by atoms with E-state index in [9.17, 15) is 0 Å². The number of nitrogen functional groups attached to an aromatic ring is 1. The first-order valence-electron chi connectivity index (χ1n) is 8.05. The van der Waals surface area contributed by atoms with E-state index in [2.05, 4.69) is 29.0 Å². The first kappa shape index (κ1) is 15.1. The van der Waals surface area contributed by atoms with E-state index in [1.165, 1.54) is 0 Å². The number of aromatic nitrogens is 2. The maximum atomic E-state index is 6.03. The van der Waals surface area contributed by atoms with Gasteiger partial charge in [0.15, 0.2) is 0 Å². The highest BCUT2D eigenvalue weighted by atomic mass is 16.5. The van der Waals surface area contributed by atoms with Gasteiger partial charge in [-0.1, -0.05) is 24.3 Å². The maximum absolute atomic E-state index is 6.03. The molecule has 0 bridgehead atoms. The van der Waals surface area contributed by atoms with Crippen LogP contribution < -0.4 is 10.5 Å². The molecular weight excluding hydrogens is 310 g/mol. The van der Waals surface area contributed by atoms with Gasteiger partial charge in [0.2, 0.25) is 5.88 Å². The zero-order valence-corrected chi connectivity index (χ0v) is 13.8. The van der Waals surface area contributed by atoms with Crippen molar-refractivity contribution in [2.75, 3.05) is 5.73 Å². The average molecular weight is 327 g/mol. The van der Waals surface area contributed by atoms with E-state index in [0.29, 0.717) is 17.3 Å². The predicted molar refractivity (Wildman–Crippen MR) is 101 cm³/mol. The van der Waals surface area contributed by atoms with Gasteiger partial charge in [0.05, 0.1) is 5.69 Å². The number of anilines is 1. The fourth-order valence-electron chi connectivity index (χ4n) is 2.88. The number of pyridine rings is 2. The molecule has 0 aliphatic heterocycles. The number of fused-ring (bicyclic) bond motifs is 1. The highest BCUT2D eigenvalue weighted by Crippen LogP contribution is 2.35.